The molecular weight excluding hydrogens is 232 g/mol. The molecule has 1 unspecified atom stereocenters. The number of nitrogens with one attached hydrogen (secondary N) is 1. The lowest BCUT2D eigenvalue weighted by molar-refractivity contribution is 0.0939. The second-order valence-electron chi connectivity index (χ2n) is 4.01. The lowest BCUT2D eigenvalue weighted by Gasteiger charge is -2.16. The van der Waals surface area contributed by atoms with Crippen LogP contribution in [0.3, 0.4) is 0 Å². The summed E-state index contributed by atoms with van der Waals surface area (Å²) < 4.78 is 0. The minimum atomic E-state index is -0.478. The lowest BCUT2D eigenvalue weighted by Crippen LogP contribution is -2.44. The molecule has 1 aromatic heterocycles. The topological polar surface area (TPSA) is 101 Å². The van der Waals surface area contributed by atoms with Gasteiger partial charge in [0, 0.05) is 6.20 Å². The third kappa shape index (κ3) is 3.44. The van der Waals surface area contributed by atoms with Crippen molar-refractivity contribution in [3.05, 3.63) is 29.6 Å². The van der Waals surface area contributed by atoms with E-state index in [2.05, 4.69) is 15.5 Å². The second-order valence-corrected chi connectivity index (χ2v) is 4.01. The molecule has 0 saturated carbocycles. The number of amidine groups is 1. The molecule has 0 radical (unpaired) electrons. The normalized spacial score (nSPS) is 13.1. The molecule has 1 aromatic rings. The lowest BCUT2D eigenvalue weighted by atomic mass is 10.1. The van der Waals surface area contributed by atoms with Crippen LogP contribution in [0, 0.1) is 6.92 Å². The van der Waals surface area contributed by atoms with E-state index >= 15 is 0 Å². The van der Waals surface area contributed by atoms with E-state index in [-0.39, 0.29) is 11.7 Å². The second kappa shape index (κ2) is 6.58. The fourth-order valence-corrected chi connectivity index (χ4v) is 1.60. The molecule has 0 aliphatic heterocycles. The van der Waals surface area contributed by atoms with Crippen LogP contribution in [0.15, 0.2) is 23.5 Å². The number of aryl methyl sites for hydroxylation is 1. The maximum atomic E-state index is 12.0. The molecule has 0 aromatic carbocycles. The molecule has 6 nitrogen and oxygen atoms in total. The first-order chi connectivity index (χ1) is 8.60. The van der Waals surface area contributed by atoms with Gasteiger partial charge in [-0.3, -0.25) is 9.78 Å². The summed E-state index contributed by atoms with van der Waals surface area (Å²) in [4.78, 5) is 16.0. The van der Waals surface area contributed by atoms with Crippen molar-refractivity contribution in [2.45, 2.75) is 32.7 Å². The van der Waals surface area contributed by atoms with Crippen molar-refractivity contribution in [1.82, 2.24) is 10.3 Å². The van der Waals surface area contributed by atoms with Crippen molar-refractivity contribution in [1.29, 1.82) is 0 Å². The Kier molecular flexibility index (Phi) is 5.10. The number of pyridine rings is 1. The average molecular weight is 250 g/mol. The average Bonchev–Trinajstić information content (AvgIpc) is 2.37. The highest BCUT2D eigenvalue weighted by atomic mass is 16.4. The van der Waals surface area contributed by atoms with Crippen LogP contribution in [0.2, 0.25) is 0 Å². The molecule has 1 amide bonds. The van der Waals surface area contributed by atoms with Crippen LogP contribution in [0.4, 0.5) is 0 Å². The van der Waals surface area contributed by atoms with Gasteiger partial charge < -0.3 is 16.3 Å². The van der Waals surface area contributed by atoms with Crippen LogP contribution >= 0.6 is 0 Å². The molecule has 0 spiro atoms. The predicted molar refractivity (Wildman–Crippen MR) is 68.5 cm³/mol. The summed E-state index contributed by atoms with van der Waals surface area (Å²) >= 11 is 0. The van der Waals surface area contributed by atoms with Gasteiger partial charge in [0.05, 0.1) is 6.04 Å². The molecule has 0 aliphatic carbocycles. The van der Waals surface area contributed by atoms with Gasteiger partial charge in [-0.15, -0.1) is 0 Å². The number of oxime groups is 1. The number of carbonyl (C=O) groups excluding carboxylic acids is 1. The van der Waals surface area contributed by atoms with Gasteiger partial charge in [0.15, 0.2) is 5.84 Å². The van der Waals surface area contributed by atoms with E-state index in [0.29, 0.717) is 12.1 Å². The molecular formula is C12H18N4O2. The molecule has 18 heavy (non-hydrogen) atoms. The van der Waals surface area contributed by atoms with Crippen LogP contribution in [-0.2, 0) is 0 Å². The largest absolute Gasteiger partial charge is 0.409 e. The van der Waals surface area contributed by atoms with Crippen molar-refractivity contribution in [2.75, 3.05) is 0 Å². The Bertz CT molecular complexity index is 445. The van der Waals surface area contributed by atoms with Crippen molar-refractivity contribution in [2.24, 2.45) is 10.9 Å². The Balaban J connectivity index is 2.82. The number of nitrogens with zero attached hydrogens (tertiary/aromatic N) is 2. The van der Waals surface area contributed by atoms with E-state index in [9.17, 15) is 4.79 Å². The number of amides is 1. The van der Waals surface area contributed by atoms with Crippen molar-refractivity contribution in [3.8, 4) is 0 Å². The number of rotatable bonds is 5. The Morgan fingerprint density at radius 2 is 2.39 bits per heavy atom. The van der Waals surface area contributed by atoms with Gasteiger partial charge in [0.25, 0.3) is 5.91 Å². The zero-order valence-electron chi connectivity index (χ0n) is 10.6. The summed E-state index contributed by atoms with van der Waals surface area (Å²) in [7, 11) is 0. The number of aromatic nitrogens is 1. The van der Waals surface area contributed by atoms with E-state index in [1.54, 1.807) is 25.3 Å². The van der Waals surface area contributed by atoms with E-state index in [1.807, 2.05) is 6.92 Å². The fourth-order valence-electron chi connectivity index (χ4n) is 1.60. The number of carbonyl (C=O) groups is 1. The maximum absolute atomic E-state index is 12.0. The Hall–Kier alpha value is -2.11. The maximum Gasteiger partial charge on any atom is 0.270 e. The van der Waals surface area contributed by atoms with Gasteiger partial charge in [-0.2, -0.15) is 0 Å². The van der Waals surface area contributed by atoms with Crippen molar-refractivity contribution in [3.63, 3.8) is 0 Å². The molecule has 0 saturated heterocycles. The van der Waals surface area contributed by atoms with E-state index in [0.717, 1.165) is 12.0 Å². The molecule has 1 atom stereocenters. The summed E-state index contributed by atoms with van der Waals surface area (Å²) in [5, 5.41) is 14.3. The van der Waals surface area contributed by atoms with Gasteiger partial charge in [0.1, 0.15) is 5.69 Å². The van der Waals surface area contributed by atoms with Gasteiger partial charge in [-0.05, 0) is 25.0 Å². The predicted octanol–water partition coefficient (Wildman–Crippen LogP) is 1.03. The third-order valence-electron chi connectivity index (χ3n) is 2.58. The summed E-state index contributed by atoms with van der Waals surface area (Å²) in [6.45, 7) is 3.76. The Labute approximate surface area is 106 Å². The monoisotopic (exact) mass is 250 g/mol. The molecule has 6 heteroatoms. The Morgan fingerprint density at radius 1 is 1.67 bits per heavy atom. The standard InChI is InChI=1S/C12H18N4O2/c1-3-5-9(11(13)16-18)15-12(17)10-8(2)6-4-7-14-10/h4,6-7,9,18H,3,5H2,1-2H3,(H2,13,16)(H,15,17). The molecule has 4 N–H and O–H groups in total. The van der Waals surface area contributed by atoms with Gasteiger partial charge in [-0.25, -0.2) is 0 Å². The number of hydrogen-bond acceptors (Lipinski definition) is 4. The van der Waals surface area contributed by atoms with Crippen LogP contribution in [0.25, 0.3) is 0 Å². The molecule has 1 rings (SSSR count). The zero-order chi connectivity index (χ0) is 13.5. The van der Waals surface area contributed by atoms with Crippen LogP contribution in [0.5, 0.6) is 0 Å². The summed E-state index contributed by atoms with van der Waals surface area (Å²) in [6, 6.07) is 3.09. The van der Waals surface area contributed by atoms with E-state index < -0.39 is 6.04 Å². The summed E-state index contributed by atoms with van der Waals surface area (Å²) in [5.74, 6) is -0.322. The van der Waals surface area contributed by atoms with Gasteiger partial charge in [-0.1, -0.05) is 24.6 Å². The van der Waals surface area contributed by atoms with Crippen LogP contribution < -0.4 is 11.1 Å². The van der Waals surface area contributed by atoms with E-state index in [4.69, 9.17) is 10.9 Å². The SMILES string of the molecule is CCCC(NC(=O)c1ncccc1C)C(N)=NO. The molecule has 1 heterocycles. The van der Waals surface area contributed by atoms with Crippen LogP contribution in [-0.4, -0.2) is 28.0 Å². The Morgan fingerprint density at radius 3 is 2.94 bits per heavy atom. The van der Waals surface area contributed by atoms with Gasteiger partial charge in [0.2, 0.25) is 0 Å². The van der Waals surface area contributed by atoms with Gasteiger partial charge >= 0.3 is 0 Å². The molecule has 0 aliphatic rings. The summed E-state index contributed by atoms with van der Waals surface area (Å²) in [6.07, 6.45) is 2.97. The fraction of sp³-hybridized carbons (Fsp3) is 0.417. The minimum absolute atomic E-state index is 0.00113. The smallest absolute Gasteiger partial charge is 0.270 e. The number of nitrogens with two attached hydrogens (primary N) is 1. The van der Waals surface area contributed by atoms with Crippen LogP contribution in [0.1, 0.15) is 35.8 Å². The first-order valence-electron chi connectivity index (χ1n) is 5.80. The highest BCUT2D eigenvalue weighted by Gasteiger charge is 2.18. The summed E-state index contributed by atoms with van der Waals surface area (Å²) in [5.41, 5.74) is 6.67. The highest BCUT2D eigenvalue weighted by Crippen LogP contribution is 2.05. The van der Waals surface area contributed by atoms with Crippen molar-refractivity contribution < 1.29 is 10.0 Å². The highest BCUT2D eigenvalue weighted by molar-refractivity contribution is 5.97. The quantitative estimate of drug-likeness (QED) is 0.314. The van der Waals surface area contributed by atoms with Crippen molar-refractivity contribution >= 4 is 11.7 Å². The first-order valence-corrected chi connectivity index (χ1v) is 5.80. The molecule has 98 valence electrons. The minimum Gasteiger partial charge on any atom is -0.409 e. The molecule has 0 bridgehead atoms. The zero-order valence-corrected chi connectivity index (χ0v) is 10.6. The third-order valence-corrected chi connectivity index (χ3v) is 2.58. The van der Waals surface area contributed by atoms with E-state index in [1.165, 1.54) is 0 Å². The number of hydrogen-bond donors (Lipinski definition) is 3. The molecule has 0 fully saturated rings. The first kappa shape index (κ1) is 14.0.